The van der Waals surface area contributed by atoms with Crippen molar-refractivity contribution in [3.05, 3.63) is 58.3 Å². The van der Waals surface area contributed by atoms with Crippen LogP contribution in [0.5, 0.6) is 5.75 Å². The van der Waals surface area contributed by atoms with Gasteiger partial charge in [-0.15, -0.1) is 0 Å². The second-order valence-electron chi connectivity index (χ2n) is 8.89. The molecule has 1 amide bonds. The van der Waals surface area contributed by atoms with Crippen LogP contribution in [-0.4, -0.2) is 51.3 Å². The van der Waals surface area contributed by atoms with E-state index in [1.165, 1.54) is 0 Å². The molecule has 1 N–H and O–H groups in total. The highest BCUT2D eigenvalue weighted by Gasteiger charge is 2.32. The number of H-pyrrole nitrogens is 1. The first-order chi connectivity index (χ1) is 14.7. The number of likely N-dealkylation sites (tertiary alicyclic amines) is 1. The summed E-state index contributed by atoms with van der Waals surface area (Å²) in [6.45, 7) is 7.20. The minimum absolute atomic E-state index is 0.0334. The summed E-state index contributed by atoms with van der Waals surface area (Å²) in [6.07, 6.45) is 2.27. The molecule has 3 heterocycles. The first-order valence-electron chi connectivity index (χ1n) is 10.4. The van der Waals surface area contributed by atoms with E-state index in [9.17, 15) is 9.59 Å². The van der Waals surface area contributed by atoms with Gasteiger partial charge in [0.2, 0.25) is 0 Å². The summed E-state index contributed by atoms with van der Waals surface area (Å²) in [4.78, 5) is 34.4. The van der Waals surface area contributed by atoms with Crippen molar-refractivity contribution >= 4 is 17.1 Å². The van der Waals surface area contributed by atoms with Gasteiger partial charge in [-0.1, -0.05) is 12.1 Å². The molecule has 0 bridgehead atoms. The summed E-state index contributed by atoms with van der Waals surface area (Å²) in [5, 5.41) is 0.555. The monoisotopic (exact) mass is 424 g/mol. The zero-order chi connectivity index (χ0) is 22.2. The Bertz CT molecular complexity index is 1140. The Morgan fingerprint density at radius 3 is 2.65 bits per heavy atom. The van der Waals surface area contributed by atoms with Crippen molar-refractivity contribution in [2.24, 2.45) is 0 Å². The molecule has 8 nitrogen and oxygen atoms in total. The standard InChI is InChI=1S/C23H28N4O4/c1-23(2,3)31-22(29)27-11-9-16(14-27)19-24-20-18(21(28)25-19)10-12-26(20)13-15-5-7-17(30-4)8-6-15/h5-8,10,12,16H,9,11,13-14H2,1-4H3,(H,24,25,28). The maximum absolute atomic E-state index is 12.7. The largest absolute Gasteiger partial charge is 0.497 e. The number of aromatic amines is 1. The Labute approximate surface area is 180 Å². The lowest BCUT2D eigenvalue weighted by atomic mass is 10.1. The normalized spacial score (nSPS) is 16.6. The highest BCUT2D eigenvalue weighted by molar-refractivity contribution is 5.75. The smallest absolute Gasteiger partial charge is 0.410 e. The first kappa shape index (κ1) is 21.0. The van der Waals surface area contributed by atoms with Crippen LogP contribution in [0.2, 0.25) is 0 Å². The zero-order valence-electron chi connectivity index (χ0n) is 18.3. The molecule has 1 saturated heterocycles. The number of nitrogens with one attached hydrogen (secondary N) is 1. The van der Waals surface area contributed by atoms with E-state index in [0.717, 1.165) is 17.7 Å². The van der Waals surface area contributed by atoms with Gasteiger partial charge in [0, 0.05) is 31.7 Å². The SMILES string of the molecule is COc1ccc(Cn2ccc3c(=O)[nH]c(C4CCN(C(=O)OC(C)(C)C)C4)nc32)cc1. The predicted octanol–water partition coefficient (Wildman–Crippen LogP) is 3.51. The highest BCUT2D eigenvalue weighted by atomic mass is 16.6. The molecular weight excluding hydrogens is 396 g/mol. The molecule has 0 spiro atoms. The maximum Gasteiger partial charge on any atom is 0.410 e. The third kappa shape index (κ3) is 4.57. The van der Waals surface area contributed by atoms with Crippen molar-refractivity contribution in [3.63, 3.8) is 0 Å². The third-order valence-electron chi connectivity index (χ3n) is 5.39. The summed E-state index contributed by atoms with van der Waals surface area (Å²) in [7, 11) is 1.64. The second kappa shape index (κ2) is 8.09. The summed E-state index contributed by atoms with van der Waals surface area (Å²) in [6, 6.07) is 9.60. The average molecular weight is 425 g/mol. The van der Waals surface area contributed by atoms with E-state index in [1.807, 2.05) is 55.8 Å². The number of methoxy groups -OCH3 is 1. The van der Waals surface area contributed by atoms with Crippen molar-refractivity contribution in [3.8, 4) is 5.75 Å². The van der Waals surface area contributed by atoms with Gasteiger partial charge in [0.05, 0.1) is 12.5 Å². The van der Waals surface area contributed by atoms with Crippen LogP contribution in [0.3, 0.4) is 0 Å². The molecule has 1 fully saturated rings. The van der Waals surface area contributed by atoms with Crippen LogP contribution >= 0.6 is 0 Å². The number of carbonyl (C=O) groups is 1. The summed E-state index contributed by atoms with van der Waals surface area (Å²) < 4.78 is 12.7. The van der Waals surface area contributed by atoms with E-state index in [-0.39, 0.29) is 17.6 Å². The van der Waals surface area contributed by atoms with Gasteiger partial charge in [0.1, 0.15) is 22.8 Å². The number of rotatable bonds is 4. The Hall–Kier alpha value is -3.29. The van der Waals surface area contributed by atoms with Gasteiger partial charge >= 0.3 is 6.09 Å². The minimum atomic E-state index is -0.539. The molecule has 8 heteroatoms. The van der Waals surface area contributed by atoms with E-state index in [2.05, 4.69) is 4.98 Å². The molecule has 1 aliphatic heterocycles. The van der Waals surface area contributed by atoms with Crippen LogP contribution in [-0.2, 0) is 11.3 Å². The Morgan fingerprint density at radius 2 is 1.97 bits per heavy atom. The van der Waals surface area contributed by atoms with Crippen molar-refractivity contribution in [1.29, 1.82) is 0 Å². The first-order valence-corrected chi connectivity index (χ1v) is 10.4. The topological polar surface area (TPSA) is 89.5 Å². The quantitative estimate of drug-likeness (QED) is 0.692. The number of aromatic nitrogens is 3. The van der Waals surface area contributed by atoms with Crippen LogP contribution in [0, 0.1) is 0 Å². The molecule has 1 aliphatic rings. The molecular formula is C23H28N4O4. The van der Waals surface area contributed by atoms with E-state index in [0.29, 0.717) is 36.5 Å². The average Bonchev–Trinajstić information content (AvgIpc) is 3.35. The van der Waals surface area contributed by atoms with Gasteiger partial charge in [0.15, 0.2) is 0 Å². The Kier molecular flexibility index (Phi) is 5.47. The molecule has 0 aliphatic carbocycles. The number of carbonyl (C=O) groups excluding carboxylic acids is 1. The van der Waals surface area contributed by atoms with Crippen LogP contribution < -0.4 is 10.3 Å². The van der Waals surface area contributed by atoms with E-state index in [1.54, 1.807) is 18.1 Å². The van der Waals surface area contributed by atoms with Crippen LogP contribution in [0.1, 0.15) is 44.5 Å². The molecule has 31 heavy (non-hydrogen) atoms. The molecule has 1 atom stereocenters. The fourth-order valence-corrected chi connectivity index (χ4v) is 3.82. The van der Waals surface area contributed by atoms with E-state index < -0.39 is 5.60 Å². The van der Waals surface area contributed by atoms with Gasteiger partial charge in [-0.25, -0.2) is 9.78 Å². The van der Waals surface area contributed by atoms with Crippen LogP contribution in [0.4, 0.5) is 4.79 Å². The number of amides is 1. The van der Waals surface area contributed by atoms with Crippen LogP contribution in [0.15, 0.2) is 41.3 Å². The Morgan fingerprint density at radius 1 is 1.23 bits per heavy atom. The Balaban J connectivity index is 1.56. The molecule has 4 rings (SSSR count). The molecule has 2 aromatic heterocycles. The number of hydrogen-bond acceptors (Lipinski definition) is 5. The lowest BCUT2D eigenvalue weighted by Crippen LogP contribution is -2.35. The zero-order valence-corrected chi connectivity index (χ0v) is 18.3. The number of benzene rings is 1. The molecule has 0 radical (unpaired) electrons. The van der Waals surface area contributed by atoms with Crippen molar-refractivity contribution in [1.82, 2.24) is 19.4 Å². The van der Waals surface area contributed by atoms with Gasteiger partial charge in [-0.2, -0.15) is 0 Å². The second-order valence-corrected chi connectivity index (χ2v) is 8.89. The lowest BCUT2D eigenvalue weighted by molar-refractivity contribution is 0.0292. The third-order valence-corrected chi connectivity index (χ3v) is 5.39. The summed E-state index contributed by atoms with van der Waals surface area (Å²) >= 11 is 0. The van der Waals surface area contributed by atoms with Crippen molar-refractivity contribution < 1.29 is 14.3 Å². The molecule has 164 valence electrons. The fourth-order valence-electron chi connectivity index (χ4n) is 3.82. The van der Waals surface area contributed by atoms with Gasteiger partial charge in [0.25, 0.3) is 5.56 Å². The van der Waals surface area contributed by atoms with Gasteiger partial charge in [-0.3, -0.25) is 4.79 Å². The van der Waals surface area contributed by atoms with Gasteiger partial charge < -0.3 is 23.9 Å². The minimum Gasteiger partial charge on any atom is -0.497 e. The number of fused-ring (bicyclic) bond motifs is 1. The summed E-state index contributed by atoms with van der Waals surface area (Å²) in [5.41, 5.74) is 1.02. The fraction of sp³-hybridized carbons (Fsp3) is 0.435. The molecule has 3 aromatic rings. The molecule has 1 aromatic carbocycles. The van der Waals surface area contributed by atoms with Crippen LogP contribution in [0.25, 0.3) is 11.0 Å². The maximum atomic E-state index is 12.7. The van der Waals surface area contributed by atoms with Gasteiger partial charge in [-0.05, 0) is 51.0 Å². The molecule has 1 unspecified atom stereocenters. The summed E-state index contributed by atoms with van der Waals surface area (Å²) in [5.74, 6) is 1.38. The van der Waals surface area contributed by atoms with E-state index >= 15 is 0 Å². The molecule has 0 saturated carbocycles. The number of ether oxygens (including phenoxy) is 2. The lowest BCUT2D eigenvalue weighted by Gasteiger charge is -2.24. The van der Waals surface area contributed by atoms with E-state index in [4.69, 9.17) is 14.5 Å². The number of nitrogens with zero attached hydrogens (tertiary/aromatic N) is 3. The van der Waals surface area contributed by atoms with Crippen molar-refractivity contribution in [2.45, 2.75) is 45.3 Å². The number of hydrogen-bond donors (Lipinski definition) is 1. The predicted molar refractivity (Wildman–Crippen MR) is 118 cm³/mol. The highest BCUT2D eigenvalue weighted by Crippen LogP contribution is 2.26. The van der Waals surface area contributed by atoms with Crippen molar-refractivity contribution in [2.75, 3.05) is 20.2 Å².